The summed E-state index contributed by atoms with van der Waals surface area (Å²) >= 11 is 0. The summed E-state index contributed by atoms with van der Waals surface area (Å²) in [7, 11) is -3.45. The molecular formula is C18H30N2O3S. The fourth-order valence-electron chi connectivity index (χ4n) is 2.67. The topological polar surface area (TPSA) is 66.5 Å². The third kappa shape index (κ3) is 5.82. The second-order valence-corrected chi connectivity index (χ2v) is 7.83. The van der Waals surface area contributed by atoms with Crippen LogP contribution < -0.4 is 9.62 Å². The van der Waals surface area contributed by atoms with E-state index < -0.39 is 10.0 Å². The summed E-state index contributed by atoms with van der Waals surface area (Å²) in [4.78, 5) is 12.0. The molecule has 0 spiro atoms. The Kier molecular flexibility index (Phi) is 8.25. The van der Waals surface area contributed by atoms with Crippen molar-refractivity contribution in [1.29, 1.82) is 0 Å². The molecule has 24 heavy (non-hydrogen) atoms. The summed E-state index contributed by atoms with van der Waals surface area (Å²) in [5.74, 6) is -0.107. The number of nitrogens with zero attached hydrogens (tertiary/aromatic N) is 1. The highest BCUT2D eigenvalue weighted by Gasteiger charge is 2.23. The summed E-state index contributed by atoms with van der Waals surface area (Å²) < 4.78 is 26.1. The Morgan fingerprint density at radius 2 is 1.71 bits per heavy atom. The minimum absolute atomic E-state index is 0.107. The second-order valence-electron chi connectivity index (χ2n) is 5.92. The van der Waals surface area contributed by atoms with Gasteiger partial charge >= 0.3 is 0 Å². The van der Waals surface area contributed by atoms with Crippen molar-refractivity contribution in [2.45, 2.75) is 52.9 Å². The predicted octanol–water partition coefficient (Wildman–Crippen LogP) is 2.88. The summed E-state index contributed by atoms with van der Waals surface area (Å²) in [5.41, 5.74) is 2.73. The Morgan fingerprint density at radius 3 is 2.17 bits per heavy atom. The molecule has 0 heterocycles. The number of hydrogen-bond donors (Lipinski definition) is 1. The standard InChI is InChI=1S/C18H30N2O3S/c1-5-8-13-19-17(21)12-14-20(24(4,22)23)18-15(6-2)10-9-11-16(18)7-3/h9-11H,5-8,12-14H2,1-4H3,(H,19,21). The van der Waals surface area contributed by atoms with Crippen LogP contribution in [0.1, 0.15) is 51.2 Å². The molecule has 0 atom stereocenters. The van der Waals surface area contributed by atoms with Crippen molar-refractivity contribution in [3.8, 4) is 0 Å². The van der Waals surface area contributed by atoms with Gasteiger partial charge in [0.05, 0.1) is 11.9 Å². The first kappa shape index (κ1) is 20.5. The number of hydrogen-bond acceptors (Lipinski definition) is 3. The highest BCUT2D eigenvalue weighted by Crippen LogP contribution is 2.29. The number of sulfonamides is 1. The molecule has 1 amide bonds. The third-order valence-electron chi connectivity index (χ3n) is 4.01. The molecule has 1 N–H and O–H groups in total. The van der Waals surface area contributed by atoms with Crippen LogP contribution in [0.2, 0.25) is 0 Å². The molecule has 5 nitrogen and oxygen atoms in total. The van der Waals surface area contributed by atoms with E-state index in [9.17, 15) is 13.2 Å². The van der Waals surface area contributed by atoms with Gasteiger partial charge in [-0.3, -0.25) is 9.10 Å². The average Bonchev–Trinajstić information content (AvgIpc) is 2.54. The van der Waals surface area contributed by atoms with Crippen LogP contribution in [0.3, 0.4) is 0 Å². The van der Waals surface area contributed by atoms with Crippen molar-refractivity contribution < 1.29 is 13.2 Å². The van der Waals surface area contributed by atoms with E-state index in [0.717, 1.165) is 42.5 Å². The zero-order valence-corrected chi connectivity index (χ0v) is 16.1. The first-order valence-electron chi connectivity index (χ1n) is 8.70. The Hall–Kier alpha value is -1.56. The van der Waals surface area contributed by atoms with Crippen molar-refractivity contribution in [2.75, 3.05) is 23.7 Å². The van der Waals surface area contributed by atoms with Gasteiger partial charge in [0.25, 0.3) is 0 Å². The van der Waals surface area contributed by atoms with Gasteiger partial charge in [0.2, 0.25) is 15.9 Å². The summed E-state index contributed by atoms with van der Waals surface area (Å²) in [5, 5.41) is 2.84. The monoisotopic (exact) mass is 354 g/mol. The van der Waals surface area contributed by atoms with Crippen LogP contribution in [0.15, 0.2) is 18.2 Å². The van der Waals surface area contributed by atoms with Gasteiger partial charge in [-0.05, 0) is 30.4 Å². The lowest BCUT2D eigenvalue weighted by Gasteiger charge is -2.27. The molecular weight excluding hydrogens is 324 g/mol. The number of nitrogens with one attached hydrogen (secondary N) is 1. The van der Waals surface area contributed by atoms with E-state index in [0.29, 0.717) is 6.54 Å². The van der Waals surface area contributed by atoms with E-state index in [4.69, 9.17) is 0 Å². The van der Waals surface area contributed by atoms with Gasteiger partial charge in [-0.2, -0.15) is 0 Å². The van der Waals surface area contributed by atoms with Gasteiger partial charge < -0.3 is 5.32 Å². The molecule has 0 aliphatic heterocycles. The SMILES string of the molecule is CCCCNC(=O)CCN(c1c(CC)cccc1CC)S(C)(=O)=O. The van der Waals surface area contributed by atoms with E-state index in [1.807, 2.05) is 32.0 Å². The Labute approximate surface area is 146 Å². The van der Waals surface area contributed by atoms with Gasteiger partial charge in [-0.25, -0.2) is 8.42 Å². The minimum atomic E-state index is -3.45. The number of carbonyl (C=O) groups is 1. The Balaban J connectivity index is 3.02. The van der Waals surface area contributed by atoms with Crippen LogP contribution in [0, 0.1) is 0 Å². The van der Waals surface area contributed by atoms with Crippen molar-refractivity contribution in [2.24, 2.45) is 0 Å². The van der Waals surface area contributed by atoms with Crippen LogP contribution in [0.4, 0.5) is 5.69 Å². The van der Waals surface area contributed by atoms with Gasteiger partial charge in [-0.1, -0.05) is 45.4 Å². The molecule has 0 aliphatic rings. The number of amides is 1. The van der Waals surface area contributed by atoms with Crippen molar-refractivity contribution >= 4 is 21.6 Å². The van der Waals surface area contributed by atoms with Crippen LogP contribution in [0.25, 0.3) is 0 Å². The summed E-state index contributed by atoms with van der Waals surface area (Å²) in [6, 6.07) is 5.86. The lowest BCUT2D eigenvalue weighted by Crippen LogP contribution is -2.36. The highest BCUT2D eigenvalue weighted by atomic mass is 32.2. The zero-order valence-electron chi connectivity index (χ0n) is 15.3. The first-order chi connectivity index (χ1) is 11.3. The third-order valence-corrected chi connectivity index (χ3v) is 5.17. The molecule has 1 rings (SSSR count). The lowest BCUT2D eigenvalue weighted by atomic mass is 10.0. The molecule has 1 aromatic rings. The number of para-hydroxylation sites is 1. The highest BCUT2D eigenvalue weighted by molar-refractivity contribution is 7.92. The molecule has 0 bridgehead atoms. The van der Waals surface area contributed by atoms with Crippen LogP contribution >= 0.6 is 0 Å². The zero-order chi connectivity index (χ0) is 18.2. The van der Waals surface area contributed by atoms with Crippen molar-refractivity contribution in [3.05, 3.63) is 29.3 Å². The Morgan fingerprint density at radius 1 is 1.12 bits per heavy atom. The van der Waals surface area contributed by atoms with E-state index in [1.54, 1.807) is 0 Å². The molecule has 6 heteroatoms. The van der Waals surface area contributed by atoms with Gasteiger partial charge in [0.1, 0.15) is 0 Å². The van der Waals surface area contributed by atoms with E-state index in [-0.39, 0.29) is 18.9 Å². The predicted molar refractivity (Wildman–Crippen MR) is 99.9 cm³/mol. The van der Waals surface area contributed by atoms with Gasteiger partial charge in [0.15, 0.2) is 0 Å². The Bertz CT molecular complexity index is 619. The number of unbranched alkanes of at least 4 members (excludes halogenated alkanes) is 1. The maximum Gasteiger partial charge on any atom is 0.232 e. The van der Waals surface area contributed by atoms with Crippen LogP contribution in [-0.4, -0.2) is 33.7 Å². The summed E-state index contributed by atoms with van der Waals surface area (Å²) in [6.07, 6.45) is 4.81. The molecule has 0 radical (unpaired) electrons. The molecule has 0 saturated heterocycles. The largest absolute Gasteiger partial charge is 0.356 e. The second kappa shape index (κ2) is 9.67. The quantitative estimate of drug-likeness (QED) is 0.657. The molecule has 0 saturated carbocycles. The maximum absolute atomic E-state index is 12.3. The first-order valence-corrected chi connectivity index (χ1v) is 10.5. The molecule has 0 aliphatic carbocycles. The molecule has 0 unspecified atom stereocenters. The normalized spacial score (nSPS) is 11.3. The van der Waals surface area contributed by atoms with E-state index in [1.165, 1.54) is 10.6 Å². The number of anilines is 1. The maximum atomic E-state index is 12.3. The number of carbonyl (C=O) groups excluding carboxylic acids is 1. The number of benzene rings is 1. The van der Waals surface area contributed by atoms with Crippen LogP contribution in [0.5, 0.6) is 0 Å². The fraction of sp³-hybridized carbons (Fsp3) is 0.611. The molecule has 1 aromatic carbocycles. The minimum Gasteiger partial charge on any atom is -0.356 e. The number of aryl methyl sites for hydroxylation is 2. The van der Waals surface area contributed by atoms with E-state index in [2.05, 4.69) is 12.2 Å². The average molecular weight is 355 g/mol. The number of rotatable bonds is 10. The van der Waals surface area contributed by atoms with Gasteiger partial charge in [-0.15, -0.1) is 0 Å². The smallest absolute Gasteiger partial charge is 0.232 e. The van der Waals surface area contributed by atoms with Gasteiger partial charge in [0, 0.05) is 19.5 Å². The van der Waals surface area contributed by atoms with Crippen molar-refractivity contribution in [3.63, 3.8) is 0 Å². The van der Waals surface area contributed by atoms with Crippen LogP contribution in [-0.2, 0) is 27.7 Å². The fourth-order valence-corrected chi connectivity index (χ4v) is 3.66. The lowest BCUT2D eigenvalue weighted by molar-refractivity contribution is -0.120. The molecule has 0 fully saturated rings. The van der Waals surface area contributed by atoms with Crippen molar-refractivity contribution in [1.82, 2.24) is 5.32 Å². The molecule has 0 aromatic heterocycles. The van der Waals surface area contributed by atoms with E-state index >= 15 is 0 Å². The summed E-state index contributed by atoms with van der Waals surface area (Å²) in [6.45, 7) is 6.89. The molecule has 136 valence electrons.